The zero-order chi connectivity index (χ0) is 13.3. The largest absolute Gasteiger partial charge is 0.314 e. The highest BCUT2D eigenvalue weighted by Crippen LogP contribution is 2.24. The molecule has 0 heterocycles. The van der Waals surface area contributed by atoms with Gasteiger partial charge >= 0.3 is 0 Å². The average molecular weight is 241 g/mol. The van der Waals surface area contributed by atoms with Crippen LogP contribution in [-0.2, 0) is 0 Å². The quantitative estimate of drug-likeness (QED) is 0.560. The molecule has 0 rings (SSSR count). The molecule has 104 valence electrons. The molecule has 2 unspecified atom stereocenters. The molecule has 17 heavy (non-hydrogen) atoms. The molecule has 0 radical (unpaired) electrons. The Hall–Kier alpha value is -0.0400. The first-order valence-electron chi connectivity index (χ1n) is 7.61. The van der Waals surface area contributed by atoms with Gasteiger partial charge in [0.05, 0.1) is 0 Å². The monoisotopic (exact) mass is 241 g/mol. The first-order valence-corrected chi connectivity index (χ1v) is 7.61. The Morgan fingerprint density at radius 3 is 2.06 bits per heavy atom. The maximum absolute atomic E-state index is 3.68. The average Bonchev–Trinajstić information content (AvgIpc) is 2.24. The van der Waals surface area contributed by atoms with Gasteiger partial charge in [0.25, 0.3) is 0 Å². The van der Waals surface area contributed by atoms with Crippen LogP contribution in [0.15, 0.2) is 0 Å². The Bertz CT molecular complexity index is 169. The Labute approximate surface area is 110 Å². The van der Waals surface area contributed by atoms with Crippen LogP contribution in [0.3, 0.4) is 0 Å². The summed E-state index contributed by atoms with van der Waals surface area (Å²) in [6.07, 6.45) is 8.30. The van der Waals surface area contributed by atoms with E-state index in [0.717, 1.165) is 12.5 Å². The lowest BCUT2D eigenvalue weighted by molar-refractivity contribution is 0.244. The SMILES string of the molecule is CCCCCCCC(C)NCC(C)C(C)(C)C. The summed E-state index contributed by atoms with van der Waals surface area (Å²) in [6, 6.07) is 0.682. The summed E-state index contributed by atoms with van der Waals surface area (Å²) in [7, 11) is 0. The Kier molecular flexibility index (Phi) is 8.94. The van der Waals surface area contributed by atoms with Crippen molar-refractivity contribution in [2.75, 3.05) is 6.54 Å². The first-order chi connectivity index (χ1) is 7.88. The fourth-order valence-electron chi connectivity index (χ4n) is 1.84. The zero-order valence-electron chi connectivity index (χ0n) is 13.1. The van der Waals surface area contributed by atoms with Crippen molar-refractivity contribution in [1.82, 2.24) is 5.32 Å². The first kappa shape index (κ1) is 17.0. The normalized spacial score (nSPS) is 15.9. The number of rotatable bonds is 9. The van der Waals surface area contributed by atoms with Crippen LogP contribution in [0.4, 0.5) is 0 Å². The van der Waals surface area contributed by atoms with Gasteiger partial charge in [-0.05, 0) is 31.2 Å². The van der Waals surface area contributed by atoms with Gasteiger partial charge < -0.3 is 5.32 Å². The summed E-state index contributed by atoms with van der Waals surface area (Å²) in [5.74, 6) is 0.741. The molecule has 1 N–H and O–H groups in total. The summed E-state index contributed by atoms with van der Waals surface area (Å²) in [5.41, 5.74) is 0.424. The third kappa shape index (κ3) is 9.64. The molecule has 0 saturated carbocycles. The molecule has 0 aromatic heterocycles. The number of unbranched alkanes of at least 4 members (excludes halogenated alkanes) is 4. The van der Waals surface area contributed by atoms with Crippen molar-refractivity contribution in [2.24, 2.45) is 11.3 Å². The van der Waals surface area contributed by atoms with E-state index in [1.54, 1.807) is 0 Å². The van der Waals surface area contributed by atoms with Crippen LogP contribution in [0, 0.1) is 11.3 Å². The van der Waals surface area contributed by atoms with Crippen molar-refractivity contribution in [1.29, 1.82) is 0 Å². The van der Waals surface area contributed by atoms with Gasteiger partial charge in [-0.25, -0.2) is 0 Å². The van der Waals surface area contributed by atoms with E-state index >= 15 is 0 Å². The maximum Gasteiger partial charge on any atom is 0.00388 e. The van der Waals surface area contributed by atoms with Gasteiger partial charge in [0.2, 0.25) is 0 Å². The summed E-state index contributed by atoms with van der Waals surface area (Å²) < 4.78 is 0. The lowest BCUT2D eigenvalue weighted by Gasteiger charge is -2.28. The van der Waals surface area contributed by atoms with Gasteiger partial charge in [-0.1, -0.05) is 66.7 Å². The minimum atomic E-state index is 0.424. The third-order valence-corrected chi connectivity index (χ3v) is 3.99. The van der Waals surface area contributed by atoms with Crippen molar-refractivity contribution in [3.8, 4) is 0 Å². The van der Waals surface area contributed by atoms with E-state index in [1.165, 1.54) is 38.5 Å². The molecule has 0 aliphatic carbocycles. The second-order valence-electron chi connectivity index (χ2n) is 6.78. The van der Waals surface area contributed by atoms with Gasteiger partial charge in [0.1, 0.15) is 0 Å². The summed E-state index contributed by atoms with van der Waals surface area (Å²) in [6.45, 7) is 15.1. The van der Waals surface area contributed by atoms with Crippen LogP contribution in [0.5, 0.6) is 0 Å². The van der Waals surface area contributed by atoms with Crippen molar-refractivity contribution >= 4 is 0 Å². The number of nitrogens with one attached hydrogen (secondary N) is 1. The summed E-state index contributed by atoms with van der Waals surface area (Å²) in [4.78, 5) is 0. The predicted molar refractivity (Wildman–Crippen MR) is 79.5 cm³/mol. The second kappa shape index (κ2) is 8.97. The van der Waals surface area contributed by atoms with Crippen LogP contribution in [-0.4, -0.2) is 12.6 Å². The lowest BCUT2D eigenvalue weighted by Crippen LogP contribution is -2.35. The van der Waals surface area contributed by atoms with E-state index in [1.807, 2.05) is 0 Å². The smallest absolute Gasteiger partial charge is 0.00388 e. The minimum absolute atomic E-state index is 0.424. The van der Waals surface area contributed by atoms with E-state index in [4.69, 9.17) is 0 Å². The van der Waals surface area contributed by atoms with E-state index in [-0.39, 0.29) is 0 Å². The molecule has 1 heteroatoms. The second-order valence-corrected chi connectivity index (χ2v) is 6.78. The molecule has 2 atom stereocenters. The lowest BCUT2D eigenvalue weighted by atomic mass is 9.82. The van der Waals surface area contributed by atoms with Gasteiger partial charge in [-0.15, -0.1) is 0 Å². The third-order valence-electron chi connectivity index (χ3n) is 3.99. The number of hydrogen-bond donors (Lipinski definition) is 1. The van der Waals surface area contributed by atoms with Crippen molar-refractivity contribution in [2.45, 2.75) is 86.1 Å². The number of hydrogen-bond acceptors (Lipinski definition) is 1. The summed E-state index contributed by atoms with van der Waals surface area (Å²) in [5, 5.41) is 3.68. The highest BCUT2D eigenvalue weighted by atomic mass is 14.9. The Morgan fingerprint density at radius 2 is 1.53 bits per heavy atom. The molecule has 0 saturated heterocycles. The molecule has 0 aromatic carbocycles. The van der Waals surface area contributed by atoms with E-state index < -0.39 is 0 Å². The van der Waals surface area contributed by atoms with Crippen molar-refractivity contribution in [3.05, 3.63) is 0 Å². The van der Waals surface area contributed by atoms with E-state index in [0.29, 0.717) is 11.5 Å². The Morgan fingerprint density at radius 1 is 0.941 bits per heavy atom. The van der Waals surface area contributed by atoms with E-state index in [2.05, 4.69) is 46.9 Å². The summed E-state index contributed by atoms with van der Waals surface area (Å²) >= 11 is 0. The van der Waals surface area contributed by atoms with Gasteiger partial charge in [0.15, 0.2) is 0 Å². The molecular formula is C16H35N. The van der Waals surface area contributed by atoms with E-state index in [9.17, 15) is 0 Å². The molecule has 0 amide bonds. The van der Waals surface area contributed by atoms with Crippen LogP contribution < -0.4 is 5.32 Å². The van der Waals surface area contributed by atoms with Gasteiger partial charge in [-0.2, -0.15) is 0 Å². The van der Waals surface area contributed by atoms with Crippen molar-refractivity contribution in [3.63, 3.8) is 0 Å². The predicted octanol–water partition coefficient (Wildman–Crippen LogP) is 5.01. The topological polar surface area (TPSA) is 12.0 Å². The van der Waals surface area contributed by atoms with Crippen LogP contribution in [0.25, 0.3) is 0 Å². The maximum atomic E-state index is 3.68. The van der Waals surface area contributed by atoms with Crippen LogP contribution in [0.1, 0.15) is 80.1 Å². The van der Waals surface area contributed by atoms with Gasteiger partial charge in [0, 0.05) is 6.04 Å². The molecule has 1 nitrogen and oxygen atoms in total. The van der Waals surface area contributed by atoms with Crippen molar-refractivity contribution < 1.29 is 0 Å². The molecule has 0 aromatic rings. The minimum Gasteiger partial charge on any atom is -0.314 e. The molecule has 0 aliphatic rings. The fourth-order valence-corrected chi connectivity index (χ4v) is 1.84. The standard InChI is InChI=1S/C16H35N/c1-7-8-9-10-11-12-15(3)17-13-14(2)16(4,5)6/h14-15,17H,7-13H2,1-6H3. The fraction of sp³-hybridized carbons (Fsp3) is 1.00. The van der Waals surface area contributed by atoms with Crippen LogP contribution >= 0.6 is 0 Å². The molecule has 0 spiro atoms. The van der Waals surface area contributed by atoms with Gasteiger partial charge in [-0.3, -0.25) is 0 Å². The zero-order valence-corrected chi connectivity index (χ0v) is 13.1. The molecular weight excluding hydrogens is 206 g/mol. The van der Waals surface area contributed by atoms with Crippen LogP contribution in [0.2, 0.25) is 0 Å². The Balaban J connectivity index is 3.49. The highest BCUT2D eigenvalue weighted by Gasteiger charge is 2.19. The highest BCUT2D eigenvalue weighted by molar-refractivity contribution is 4.73. The molecule has 0 aliphatic heterocycles. The molecule has 0 fully saturated rings. The molecule has 0 bridgehead atoms.